The molecule has 2 aliphatic rings. The Bertz CT molecular complexity index is 761. The first kappa shape index (κ1) is 17.2. The lowest BCUT2D eigenvalue weighted by molar-refractivity contribution is -0.0793. The third-order valence-electron chi connectivity index (χ3n) is 5.32. The molecule has 2 aromatic rings. The number of likely N-dealkylation sites (tertiary alicyclic amines) is 1. The molecule has 2 atom stereocenters. The zero-order valence-corrected chi connectivity index (χ0v) is 15.1. The molecule has 26 heavy (non-hydrogen) atoms. The summed E-state index contributed by atoms with van der Waals surface area (Å²) < 4.78 is 11.3. The van der Waals surface area contributed by atoms with Gasteiger partial charge in [-0.1, -0.05) is 23.4 Å². The van der Waals surface area contributed by atoms with Gasteiger partial charge < -0.3 is 14.6 Å². The molecule has 1 spiro atoms. The van der Waals surface area contributed by atoms with E-state index in [1.165, 1.54) is 0 Å². The Labute approximate surface area is 153 Å². The Balaban J connectivity index is 1.35. The van der Waals surface area contributed by atoms with E-state index in [1.54, 1.807) is 0 Å². The number of nitrogens with zero attached hydrogens (tertiary/aromatic N) is 2. The number of aryl methyl sites for hydroxylation is 1. The number of carbonyl (C=O) groups excluding carboxylic acids is 1. The minimum absolute atomic E-state index is 0.000533. The highest BCUT2D eigenvalue weighted by molar-refractivity contribution is 5.94. The molecule has 0 aliphatic carbocycles. The Morgan fingerprint density at radius 1 is 1.38 bits per heavy atom. The second kappa shape index (κ2) is 7.21. The molecule has 1 N–H and O–H groups in total. The van der Waals surface area contributed by atoms with Gasteiger partial charge in [-0.05, 0) is 38.3 Å². The van der Waals surface area contributed by atoms with Gasteiger partial charge in [-0.25, -0.2) is 0 Å². The van der Waals surface area contributed by atoms with E-state index in [2.05, 4.69) is 15.4 Å². The van der Waals surface area contributed by atoms with E-state index in [4.69, 9.17) is 9.26 Å². The summed E-state index contributed by atoms with van der Waals surface area (Å²) in [5.41, 5.74) is 1.51. The average Bonchev–Trinajstić information content (AvgIpc) is 3.22. The summed E-state index contributed by atoms with van der Waals surface area (Å²) in [5.74, 6) is 0.840. The van der Waals surface area contributed by atoms with Crippen molar-refractivity contribution in [1.82, 2.24) is 15.4 Å². The summed E-state index contributed by atoms with van der Waals surface area (Å²) in [5, 5.41) is 7.28. The van der Waals surface area contributed by atoms with Crippen LogP contribution in [0, 0.1) is 6.92 Å². The fraction of sp³-hybridized carbons (Fsp3) is 0.500. The normalized spacial score (nSPS) is 26.3. The molecule has 0 bridgehead atoms. The number of ether oxygens (including phenoxy) is 1. The molecule has 6 heteroatoms. The van der Waals surface area contributed by atoms with Crippen LogP contribution in [0.4, 0.5) is 0 Å². The zero-order chi connectivity index (χ0) is 18.0. The largest absolute Gasteiger partial charge is 0.373 e. The number of nitrogens with one attached hydrogen (secondary N) is 1. The maximum Gasteiger partial charge on any atom is 0.251 e. The first-order valence-corrected chi connectivity index (χ1v) is 9.26. The van der Waals surface area contributed by atoms with Gasteiger partial charge in [-0.3, -0.25) is 9.69 Å². The fourth-order valence-corrected chi connectivity index (χ4v) is 4.08. The highest BCUT2D eigenvalue weighted by Gasteiger charge is 2.43. The van der Waals surface area contributed by atoms with E-state index >= 15 is 0 Å². The van der Waals surface area contributed by atoms with Crippen molar-refractivity contribution in [3.8, 4) is 0 Å². The summed E-state index contributed by atoms with van der Waals surface area (Å²) in [6.45, 7) is 5.23. The van der Waals surface area contributed by atoms with Crippen LogP contribution in [0.15, 0.2) is 40.9 Å². The van der Waals surface area contributed by atoms with Gasteiger partial charge in [-0.15, -0.1) is 0 Å². The second-order valence-electron chi connectivity index (χ2n) is 7.45. The number of rotatable bonds is 4. The number of benzene rings is 1. The standard InChI is InChI=1S/C20H25N3O3/c1-15-11-18(22-26-15)13-23-9-8-20(14-23)12-17(7-10-25-20)21-19(24)16-5-3-2-4-6-16/h2-6,11,17H,7-10,12-14H2,1H3,(H,21,24)/t17-,20+/m1/s1. The molecule has 0 saturated carbocycles. The van der Waals surface area contributed by atoms with Crippen LogP contribution in [-0.4, -0.2) is 47.3 Å². The summed E-state index contributed by atoms with van der Waals surface area (Å²) in [6, 6.07) is 11.5. The maximum atomic E-state index is 12.4. The van der Waals surface area contributed by atoms with E-state index < -0.39 is 0 Å². The van der Waals surface area contributed by atoms with Crippen LogP contribution in [0.5, 0.6) is 0 Å². The summed E-state index contributed by atoms with van der Waals surface area (Å²) in [6.07, 6.45) is 2.71. The zero-order valence-electron chi connectivity index (χ0n) is 15.1. The van der Waals surface area contributed by atoms with Crippen LogP contribution in [-0.2, 0) is 11.3 Å². The van der Waals surface area contributed by atoms with Crippen molar-refractivity contribution < 1.29 is 14.1 Å². The smallest absolute Gasteiger partial charge is 0.251 e. The molecule has 3 heterocycles. The van der Waals surface area contributed by atoms with Gasteiger partial charge in [0.05, 0.1) is 11.3 Å². The highest BCUT2D eigenvalue weighted by atomic mass is 16.5. The first-order chi connectivity index (χ1) is 12.6. The molecular formula is C20H25N3O3. The average molecular weight is 355 g/mol. The lowest BCUT2D eigenvalue weighted by Crippen LogP contribution is -2.49. The number of hydrogen-bond acceptors (Lipinski definition) is 5. The van der Waals surface area contributed by atoms with Crippen molar-refractivity contribution in [1.29, 1.82) is 0 Å². The van der Waals surface area contributed by atoms with Crippen molar-refractivity contribution in [2.45, 2.75) is 44.4 Å². The summed E-state index contributed by atoms with van der Waals surface area (Å²) in [4.78, 5) is 14.8. The number of carbonyl (C=O) groups is 1. The maximum absolute atomic E-state index is 12.4. The molecule has 4 rings (SSSR count). The number of aromatic nitrogens is 1. The molecule has 6 nitrogen and oxygen atoms in total. The molecule has 0 radical (unpaired) electrons. The second-order valence-corrected chi connectivity index (χ2v) is 7.45. The minimum atomic E-state index is -0.161. The molecular weight excluding hydrogens is 330 g/mol. The van der Waals surface area contributed by atoms with Crippen molar-refractivity contribution in [2.75, 3.05) is 19.7 Å². The Morgan fingerprint density at radius 2 is 2.23 bits per heavy atom. The topological polar surface area (TPSA) is 67.6 Å². The monoisotopic (exact) mass is 355 g/mol. The lowest BCUT2D eigenvalue weighted by atomic mass is 9.89. The van der Waals surface area contributed by atoms with Crippen LogP contribution < -0.4 is 5.32 Å². The van der Waals surface area contributed by atoms with E-state index in [0.717, 1.165) is 50.4 Å². The molecule has 1 aromatic heterocycles. The number of hydrogen-bond donors (Lipinski definition) is 1. The van der Waals surface area contributed by atoms with Gasteiger partial charge in [0.1, 0.15) is 5.76 Å². The van der Waals surface area contributed by atoms with E-state index in [0.29, 0.717) is 12.2 Å². The molecule has 2 saturated heterocycles. The van der Waals surface area contributed by atoms with Gasteiger partial charge in [0.2, 0.25) is 0 Å². The van der Waals surface area contributed by atoms with E-state index in [1.807, 2.05) is 43.3 Å². The van der Waals surface area contributed by atoms with Crippen molar-refractivity contribution in [2.24, 2.45) is 0 Å². The summed E-state index contributed by atoms with van der Waals surface area (Å²) >= 11 is 0. The third-order valence-corrected chi connectivity index (χ3v) is 5.32. The van der Waals surface area contributed by atoms with Gasteiger partial charge in [0.25, 0.3) is 5.91 Å². The Morgan fingerprint density at radius 3 is 3.00 bits per heavy atom. The van der Waals surface area contributed by atoms with Gasteiger partial charge in [-0.2, -0.15) is 0 Å². The molecule has 138 valence electrons. The fourth-order valence-electron chi connectivity index (χ4n) is 4.08. The van der Waals surface area contributed by atoms with E-state index in [-0.39, 0.29) is 17.6 Å². The van der Waals surface area contributed by atoms with E-state index in [9.17, 15) is 4.79 Å². The van der Waals surface area contributed by atoms with Gasteiger partial charge in [0.15, 0.2) is 0 Å². The number of amides is 1. The first-order valence-electron chi connectivity index (χ1n) is 9.26. The van der Waals surface area contributed by atoms with Crippen molar-refractivity contribution in [3.63, 3.8) is 0 Å². The molecule has 2 aliphatic heterocycles. The lowest BCUT2D eigenvalue weighted by Gasteiger charge is -2.38. The molecule has 1 aromatic carbocycles. The summed E-state index contributed by atoms with van der Waals surface area (Å²) in [7, 11) is 0. The van der Waals surface area contributed by atoms with Crippen molar-refractivity contribution >= 4 is 5.91 Å². The van der Waals surface area contributed by atoms with Crippen LogP contribution in [0.25, 0.3) is 0 Å². The van der Waals surface area contributed by atoms with Crippen LogP contribution >= 0.6 is 0 Å². The molecule has 2 fully saturated rings. The van der Waals surface area contributed by atoms with Crippen LogP contribution in [0.3, 0.4) is 0 Å². The van der Waals surface area contributed by atoms with Gasteiger partial charge in [0, 0.05) is 43.9 Å². The van der Waals surface area contributed by atoms with Crippen LogP contribution in [0.1, 0.15) is 41.1 Å². The molecule has 0 unspecified atom stereocenters. The van der Waals surface area contributed by atoms with Gasteiger partial charge >= 0.3 is 0 Å². The molecule has 1 amide bonds. The predicted octanol–water partition coefficient (Wildman–Crippen LogP) is 2.54. The third kappa shape index (κ3) is 3.81. The Kier molecular flexibility index (Phi) is 4.78. The minimum Gasteiger partial charge on any atom is -0.373 e. The quantitative estimate of drug-likeness (QED) is 0.913. The predicted molar refractivity (Wildman–Crippen MR) is 96.7 cm³/mol. The van der Waals surface area contributed by atoms with Crippen LogP contribution in [0.2, 0.25) is 0 Å². The Hall–Kier alpha value is -2.18. The SMILES string of the molecule is Cc1cc(CN2CC[C@]3(C[C@H](NC(=O)c4ccccc4)CCO3)C2)no1. The van der Waals surface area contributed by atoms with Crippen molar-refractivity contribution in [3.05, 3.63) is 53.4 Å². The highest BCUT2D eigenvalue weighted by Crippen LogP contribution is 2.35.